The van der Waals surface area contributed by atoms with Gasteiger partial charge in [0, 0.05) is 17.3 Å². The van der Waals surface area contributed by atoms with E-state index in [1.807, 2.05) is 18.5 Å². The molecule has 1 aromatic carbocycles. The van der Waals surface area contributed by atoms with Crippen LogP contribution in [0.3, 0.4) is 0 Å². The summed E-state index contributed by atoms with van der Waals surface area (Å²) < 4.78 is 1.14. The van der Waals surface area contributed by atoms with E-state index in [4.69, 9.17) is 5.73 Å². The molecule has 0 unspecified atom stereocenters. The van der Waals surface area contributed by atoms with E-state index in [1.54, 1.807) is 11.8 Å². The normalized spacial score (nSPS) is 10.9. The Morgan fingerprint density at radius 3 is 2.89 bits per heavy atom. The van der Waals surface area contributed by atoms with Gasteiger partial charge in [-0.2, -0.15) is 0 Å². The quantitative estimate of drug-likeness (QED) is 0.741. The molecule has 18 heavy (non-hydrogen) atoms. The Morgan fingerprint density at radius 1 is 1.17 bits per heavy atom. The number of thioether (sulfide) groups is 1. The number of fused-ring (bicyclic) bond motifs is 1. The van der Waals surface area contributed by atoms with Crippen molar-refractivity contribution in [3.05, 3.63) is 48.3 Å². The molecule has 2 heterocycles. The minimum atomic E-state index is 0.619. The summed E-state index contributed by atoms with van der Waals surface area (Å²) in [6, 6.07) is 10.3. The molecule has 0 spiro atoms. The van der Waals surface area contributed by atoms with Gasteiger partial charge in [-0.05, 0) is 11.6 Å². The number of rotatable bonds is 3. The Labute approximate surface area is 113 Å². The van der Waals surface area contributed by atoms with Gasteiger partial charge in [0.1, 0.15) is 0 Å². The van der Waals surface area contributed by atoms with Crippen LogP contribution in [0.1, 0.15) is 5.56 Å². The van der Waals surface area contributed by atoms with Crippen molar-refractivity contribution in [1.82, 2.24) is 9.97 Å². The lowest BCUT2D eigenvalue weighted by molar-refractivity contribution is 1.34. The van der Waals surface area contributed by atoms with Gasteiger partial charge < -0.3 is 5.73 Å². The molecule has 5 heteroatoms. The van der Waals surface area contributed by atoms with E-state index in [0.717, 1.165) is 15.5 Å². The van der Waals surface area contributed by atoms with Crippen molar-refractivity contribution >= 4 is 39.1 Å². The third kappa shape index (κ3) is 2.32. The van der Waals surface area contributed by atoms with Crippen LogP contribution in [0, 0.1) is 0 Å². The molecule has 3 aromatic rings. The van der Waals surface area contributed by atoms with E-state index >= 15 is 0 Å². The zero-order valence-corrected chi connectivity index (χ0v) is 11.2. The SMILES string of the molecule is Nc1ncc(SCc2cccc3cccnc23)s1. The van der Waals surface area contributed by atoms with E-state index in [1.165, 1.54) is 22.3 Å². The van der Waals surface area contributed by atoms with Gasteiger partial charge in [-0.3, -0.25) is 4.98 Å². The number of hydrogen-bond acceptors (Lipinski definition) is 5. The molecule has 2 N–H and O–H groups in total. The first-order chi connectivity index (χ1) is 8.83. The molecule has 0 aliphatic carbocycles. The Bertz CT molecular complexity index is 673. The molecule has 0 saturated carbocycles. The average molecular weight is 273 g/mol. The fourth-order valence-corrected chi connectivity index (χ4v) is 3.52. The number of hydrogen-bond donors (Lipinski definition) is 1. The fourth-order valence-electron chi connectivity index (χ4n) is 1.77. The molecule has 0 amide bonds. The van der Waals surface area contributed by atoms with Crippen LogP contribution in [0.2, 0.25) is 0 Å². The highest BCUT2D eigenvalue weighted by Gasteiger charge is 2.04. The summed E-state index contributed by atoms with van der Waals surface area (Å²) in [6.45, 7) is 0. The number of nitrogens with zero attached hydrogens (tertiary/aromatic N) is 2. The van der Waals surface area contributed by atoms with Gasteiger partial charge in [-0.1, -0.05) is 35.6 Å². The minimum absolute atomic E-state index is 0.619. The van der Waals surface area contributed by atoms with Gasteiger partial charge in [-0.25, -0.2) is 4.98 Å². The Balaban J connectivity index is 1.86. The summed E-state index contributed by atoms with van der Waals surface area (Å²) in [6.07, 6.45) is 3.66. The second-order valence-corrected chi connectivity index (χ2v) is 6.14. The second kappa shape index (κ2) is 4.96. The number of thiazole rings is 1. The largest absolute Gasteiger partial charge is 0.375 e. The van der Waals surface area contributed by atoms with Crippen LogP contribution < -0.4 is 5.73 Å². The van der Waals surface area contributed by atoms with Crippen molar-refractivity contribution in [3.63, 3.8) is 0 Å². The highest BCUT2D eigenvalue weighted by atomic mass is 32.2. The van der Waals surface area contributed by atoms with Crippen LogP contribution in [-0.2, 0) is 5.75 Å². The van der Waals surface area contributed by atoms with Crippen LogP contribution in [0.15, 0.2) is 46.9 Å². The lowest BCUT2D eigenvalue weighted by Crippen LogP contribution is -1.86. The standard InChI is InChI=1S/C13H11N3S2/c14-13-16-7-11(18-13)17-8-10-4-1-3-9-5-2-6-15-12(9)10/h1-7H,8H2,(H2,14,16). The third-order valence-electron chi connectivity index (χ3n) is 2.59. The van der Waals surface area contributed by atoms with E-state index in [9.17, 15) is 0 Å². The lowest BCUT2D eigenvalue weighted by atomic mass is 10.1. The summed E-state index contributed by atoms with van der Waals surface area (Å²) >= 11 is 3.27. The molecule has 0 aliphatic rings. The fraction of sp³-hybridized carbons (Fsp3) is 0.0769. The smallest absolute Gasteiger partial charge is 0.181 e. The molecule has 0 aliphatic heterocycles. The first-order valence-electron chi connectivity index (χ1n) is 5.49. The number of anilines is 1. The highest BCUT2D eigenvalue weighted by molar-refractivity contribution is 8.00. The minimum Gasteiger partial charge on any atom is -0.375 e. The second-order valence-electron chi connectivity index (χ2n) is 3.80. The molecule has 3 nitrogen and oxygen atoms in total. The topological polar surface area (TPSA) is 51.8 Å². The van der Waals surface area contributed by atoms with Crippen LogP contribution in [0.4, 0.5) is 5.13 Å². The molecule has 0 atom stereocenters. The molecule has 0 radical (unpaired) electrons. The van der Waals surface area contributed by atoms with Crippen molar-refractivity contribution in [3.8, 4) is 0 Å². The number of nitrogens with two attached hydrogens (primary N) is 1. The monoisotopic (exact) mass is 273 g/mol. The molecular weight excluding hydrogens is 262 g/mol. The maximum absolute atomic E-state index is 5.62. The van der Waals surface area contributed by atoms with Crippen molar-refractivity contribution in [1.29, 1.82) is 0 Å². The van der Waals surface area contributed by atoms with Gasteiger partial charge in [0.25, 0.3) is 0 Å². The van der Waals surface area contributed by atoms with Crippen LogP contribution in [0.5, 0.6) is 0 Å². The summed E-state index contributed by atoms with van der Waals surface area (Å²) in [5, 5.41) is 1.80. The molecular formula is C13H11N3S2. The van der Waals surface area contributed by atoms with Crippen molar-refractivity contribution in [2.24, 2.45) is 0 Å². The number of nitrogen functional groups attached to an aromatic ring is 1. The lowest BCUT2D eigenvalue weighted by Gasteiger charge is -2.03. The zero-order chi connectivity index (χ0) is 12.4. The maximum atomic E-state index is 5.62. The van der Waals surface area contributed by atoms with Crippen LogP contribution >= 0.6 is 23.1 Å². The van der Waals surface area contributed by atoms with Gasteiger partial charge in [0.05, 0.1) is 15.9 Å². The third-order valence-corrected chi connectivity index (χ3v) is 4.66. The van der Waals surface area contributed by atoms with Crippen molar-refractivity contribution in [2.45, 2.75) is 9.96 Å². The highest BCUT2D eigenvalue weighted by Crippen LogP contribution is 2.30. The predicted octanol–water partition coefficient (Wildman–Crippen LogP) is 3.57. The Kier molecular flexibility index (Phi) is 3.17. The zero-order valence-electron chi connectivity index (χ0n) is 9.54. The molecule has 0 bridgehead atoms. The molecule has 0 fully saturated rings. The summed E-state index contributed by atoms with van der Waals surface area (Å²) in [4.78, 5) is 8.50. The number of aromatic nitrogens is 2. The number of pyridine rings is 1. The summed E-state index contributed by atoms with van der Waals surface area (Å²) in [5.74, 6) is 0.885. The van der Waals surface area contributed by atoms with Gasteiger partial charge in [-0.15, -0.1) is 11.8 Å². The van der Waals surface area contributed by atoms with Gasteiger partial charge in [0.2, 0.25) is 0 Å². The molecule has 0 saturated heterocycles. The van der Waals surface area contributed by atoms with Crippen molar-refractivity contribution in [2.75, 3.05) is 5.73 Å². The number of benzene rings is 1. The van der Waals surface area contributed by atoms with Crippen LogP contribution in [0.25, 0.3) is 10.9 Å². The van der Waals surface area contributed by atoms with E-state index in [-0.39, 0.29) is 0 Å². The Morgan fingerprint density at radius 2 is 2.06 bits per heavy atom. The summed E-state index contributed by atoms with van der Waals surface area (Å²) in [5.41, 5.74) is 7.93. The molecule has 2 aromatic heterocycles. The average Bonchev–Trinajstić information content (AvgIpc) is 2.82. The predicted molar refractivity (Wildman–Crippen MR) is 77.8 cm³/mol. The molecule has 90 valence electrons. The van der Waals surface area contributed by atoms with E-state index in [2.05, 4.69) is 34.2 Å². The Hall–Kier alpha value is -1.59. The first-order valence-corrected chi connectivity index (χ1v) is 7.30. The van der Waals surface area contributed by atoms with E-state index in [0.29, 0.717) is 5.13 Å². The van der Waals surface area contributed by atoms with E-state index < -0.39 is 0 Å². The maximum Gasteiger partial charge on any atom is 0.181 e. The summed E-state index contributed by atoms with van der Waals surface area (Å²) in [7, 11) is 0. The number of para-hydroxylation sites is 1. The van der Waals surface area contributed by atoms with Gasteiger partial charge in [0.15, 0.2) is 5.13 Å². The van der Waals surface area contributed by atoms with Crippen LogP contribution in [-0.4, -0.2) is 9.97 Å². The first kappa shape index (κ1) is 11.5. The van der Waals surface area contributed by atoms with Crippen molar-refractivity contribution < 1.29 is 0 Å². The molecule has 3 rings (SSSR count). The van der Waals surface area contributed by atoms with Gasteiger partial charge >= 0.3 is 0 Å².